The molecule has 0 bridgehead atoms. The molecule has 2 aromatic carbocycles. The Morgan fingerprint density at radius 2 is 1.71 bits per heavy atom. The number of benzene rings is 2. The summed E-state index contributed by atoms with van der Waals surface area (Å²) >= 11 is 7.45. The van der Waals surface area contributed by atoms with Crippen molar-refractivity contribution in [2.24, 2.45) is 5.73 Å². The topological polar surface area (TPSA) is 72.2 Å². The van der Waals surface area contributed by atoms with Crippen LogP contribution in [0.4, 0.5) is 0 Å². The average Bonchev–Trinajstić information content (AvgIpc) is 2.56. The van der Waals surface area contributed by atoms with Gasteiger partial charge in [-0.05, 0) is 23.6 Å². The van der Waals surface area contributed by atoms with Crippen LogP contribution in [0.25, 0.3) is 0 Å². The van der Waals surface area contributed by atoms with Crippen LogP contribution in [0.5, 0.6) is 0 Å². The lowest BCUT2D eigenvalue weighted by atomic mass is 9.99. The smallest absolute Gasteiger partial charge is 0.230 e. The fraction of sp³-hybridized carbons (Fsp3) is 0.222. The quantitative estimate of drug-likeness (QED) is 0.758. The molecular formula is C18H19ClN2O2S. The van der Waals surface area contributed by atoms with Gasteiger partial charge in [-0.3, -0.25) is 9.59 Å². The van der Waals surface area contributed by atoms with Crippen molar-refractivity contribution in [3.05, 3.63) is 70.7 Å². The van der Waals surface area contributed by atoms with Crippen LogP contribution in [0.3, 0.4) is 0 Å². The van der Waals surface area contributed by atoms with Crippen LogP contribution < -0.4 is 11.1 Å². The maximum atomic E-state index is 12.2. The average molecular weight is 363 g/mol. The van der Waals surface area contributed by atoms with Gasteiger partial charge in [0.1, 0.15) is 0 Å². The van der Waals surface area contributed by atoms with E-state index in [2.05, 4.69) is 5.32 Å². The van der Waals surface area contributed by atoms with E-state index < -0.39 is 5.91 Å². The van der Waals surface area contributed by atoms with Gasteiger partial charge in [-0.25, -0.2) is 0 Å². The van der Waals surface area contributed by atoms with E-state index in [0.717, 1.165) is 11.1 Å². The van der Waals surface area contributed by atoms with Gasteiger partial charge in [0, 0.05) is 5.02 Å². The van der Waals surface area contributed by atoms with Crippen molar-refractivity contribution >= 4 is 35.2 Å². The summed E-state index contributed by atoms with van der Waals surface area (Å²) < 4.78 is 0. The summed E-state index contributed by atoms with van der Waals surface area (Å²) in [5, 5.41) is 3.69. The number of thioether (sulfide) groups is 1. The van der Waals surface area contributed by atoms with Crippen LogP contribution in [0.2, 0.25) is 5.02 Å². The highest BCUT2D eigenvalue weighted by molar-refractivity contribution is 8.00. The Hall–Kier alpha value is -1.98. The molecule has 0 heterocycles. The minimum atomic E-state index is -0.427. The first-order valence-electron chi connectivity index (χ1n) is 7.50. The number of hydrogen-bond acceptors (Lipinski definition) is 3. The van der Waals surface area contributed by atoms with Crippen molar-refractivity contribution in [1.82, 2.24) is 5.32 Å². The second kappa shape index (κ2) is 9.35. The molecule has 4 nitrogen and oxygen atoms in total. The molecule has 126 valence electrons. The second-order valence-electron chi connectivity index (χ2n) is 5.29. The lowest BCUT2D eigenvalue weighted by molar-refractivity contribution is -0.119. The number of primary amides is 1. The molecule has 0 saturated heterocycles. The van der Waals surface area contributed by atoms with E-state index in [9.17, 15) is 9.59 Å². The fourth-order valence-electron chi connectivity index (χ4n) is 2.30. The van der Waals surface area contributed by atoms with Gasteiger partial charge in [-0.1, -0.05) is 60.1 Å². The van der Waals surface area contributed by atoms with E-state index in [4.69, 9.17) is 17.3 Å². The molecule has 6 heteroatoms. The summed E-state index contributed by atoms with van der Waals surface area (Å²) in [6, 6.07) is 17.1. The van der Waals surface area contributed by atoms with E-state index in [0.29, 0.717) is 11.4 Å². The molecule has 0 aliphatic carbocycles. The summed E-state index contributed by atoms with van der Waals surface area (Å²) in [7, 11) is 0. The third-order valence-electron chi connectivity index (χ3n) is 3.40. The number of amides is 2. The molecule has 1 atom stereocenters. The van der Waals surface area contributed by atoms with Crippen LogP contribution in [0.15, 0.2) is 54.6 Å². The van der Waals surface area contributed by atoms with Crippen LogP contribution >= 0.6 is 23.4 Å². The largest absolute Gasteiger partial charge is 0.369 e. The highest BCUT2D eigenvalue weighted by Crippen LogP contribution is 2.23. The summed E-state index contributed by atoms with van der Waals surface area (Å²) in [6.07, 6.45) is 0.593. The van der Waals surface area contributed by atoms with E-state index in [1.54, 1.807) is 0 Å². The maximum Gasteiger partial charge on any atom is 0.230 e. The molecule has 0 aliphatic rings. The first kappa shape index (κ1) is 18.4. The molecule has 0 aliphatic heterocycles. The van der Waals surface area contributed by atoms with Crippen molar-refractivity contribution in [3.63, 3.8) is 0 Å². The van der Waals surface area contributed by atoms with E-state index in [1.807, 2.05) is 54.6 Å². The Morgan fingerprint density at radius 1 is 1.04 bits per heavy atom. The van der Waals surface area contributed by atoms with Crippen molar-refractivity contribution in [1.29, 1.82) is 0 Å². The summed E-state index contributed by atoms with van der Waals surface area (Å²) in [4.78, 5) is 22.9. The first-order valence-corrected chi connectivity index (χ1v) is 9.03. The molecule has 2 amide bonds. The third-order valence-corrected chi connectivity index (χ3v) is 4.72. The zero-order chi connectivity index (χ0) is 17.4. The predicted molar refractivity (Wildman–Crippen MR) is 99.0 cm³/mol. The lowest BCUT2D eigenvalue weighted by Gasteiger charge is -2.20. The summed E-state index contributed by atoms with van der Waals surface area (Å²) in [5.74, 6) is -0.242. The van der Waals surface area contributed by atoms with Gasteiger partial charge >= 0.3 is 0 Å². The highest BCUT2D eigenvalue weighted by Gasteiger charge is 2.16. The van der Waals surface area contributed by atoms with Gasteiger partial charge in [0.25, 0.3) is 0 Å². The molecule has 1 unspecified atom stereocenters. The molecule has 0 fully saturated rings. The summed E-state index contributed by atoms with van der Waals surface area (Å²) in [5.41, 5.74) is 7.06. The van der Waals surface area contributed by atoms with Crippen LogP contribution in [0.1, 0.15) is 17.2 Å². The zero-order valence-electron chi connectivity index (χ0n) is 13.1. The standard InChI is InChI=1S/C18H19ClN2O2S/c19-15-9-5-4-8-14(15)10-16(13-6-2-1-3-7-13)21-18(23)12-24-11-17(20)22/h1-9,16H,10-12H2,(H2,20,22)(H,21,23). The number of nitrogens with one attached hydrogen (secondary N) is 1. The van der Waals surface area contributed by atoms with E-state index in [-0.39, 0.29) is 23.5 Å². The van der Waals surface area contributed by atoms with Crippen molar-refractivity contribution in [3.8, 4) is 0 Å². The van der Waals surface area contributed by atoms with Crippen LogP contribution in [0, 0.1) is 0 Å². The van der Waals surface area contributed by atoms with Crippen molar-refractivity contribution < 1.29 is 9.59 Å². The second-order valence-corrected chi connectivity index (χ2v) is 6.68. The Bertz CT molecular complexity index is 694. The normalized spacial score (nSPS) is 11.7. The monoisotopic (exact) mass is 362 g/mol. The van der Waals surface area contributed by atoms with Gasteiger partial charge in [-0.2, -0.15) is 0 Å². The molecule has 0 aromatic heterocycles. The molecule has 24 heavy (non-hydrogen) atoms. The van der Waals surface area contributed by atoms with Crippen molar-refractivity contribution in [2.75, 3.05) is 11.5 Å². The van der Waals surface area contributed by atoms with Gasteiger partial charge in [-0.15, -0.1) is 11.8 Å². The number of carbonyl (C=O) groups is 2. The number of halogens is 1. The molecule has 3 N–H and O–H groups in total. The lowest BCUT2D eigenvalue weighted by Crippen LogP contribution is -2.31. The Balaban J connectivity index is 2.08. The molecule has 0 radical (unpaired) electrons. The molecule has 0 saturated carbocycles. The van der Waals surface area contributed by atoms with Gasteiger partial charge in [0.05, 0.1) is 17.5 Å². The molecular weight excluding hydrogens is 344 g/mol. The minimum absolute atomic E-state index is 0.133. The predicted octanol–water partition coefficient (Wildman–Crippen LogP) is 2.96. The summed E-state index contributed by atoms with van der Waals surface area (Å²) in [6.45, 7) is 0. The SMILES string of the molecule is NC(=O)CSCC(=O)NC(Cc1ccccc1Cl)c1ccccc1. The first-order chi connectivity index (χ1) is 11.6. The Kier molecular flexibility index (Phi) is 7.15. The van der Waals surface area contributed by atoms with Gasteiger partial charge < -0.3 is 11.1 Å². The highest BCUT2D eigenvalue weighted by atomic mass is 35.5. The Morgan fingerprint density at radius 3 is 2.38 bits per heavy atom. The molecule has 0 spiro atoms. The van der Waals surface area contributed by atoms with E-state index >= 15 is 0 Å². The molecule has 2 rings (SSSR count). The van der Waals surface area contributed by atoms with Crippen LogP contribution in [-0.4, -0.2) is 23.3 Å². The van der Waals surface area contributed by atoms with Gasteiger partial charge in [0.15, 0.2) is 0 Å². The van der Waals surface area contributed by atoms with Crippen LogP contribution in [-0.2, 0) is 16.0 Å². The number of nitrogens with two attached hydrogens (primary N) is 1. The maximum absolute atomic E-state index is 12.2. The molecule has 2 aromatic rings. The number of carbonyl (C=O) groups excluding carboxylic acids is 2. The van der Waals surface area contributed by atoms with Crippen molar-refractivity contribution in [2.45, 2.75) is 12.5 Å². The van der Waals surface area contributed by atoms with E-state index in [1.165, 1.54) is 11.8 Å². The number of rotatable bonds is 8. The van der Waals surface area contributed by atoms with Gasteiger partial charge in [0.2, 0.25) is 11.8 Å². The fourth-order valence-corrected chi connectivity index (χ4v) is 3.09. The zero-order valence-corrected chi connectivity index (χ0v) is 14.6. The number of hydrogen-bond donors (Lipinski definition) is 2. The third kappa shape index (κ3) is 5.91. The minimum Gasteiger partial charge on any atom is -0.369 e. The Labute approximate surface area is 150 Å².